The van der Waals surface area contributed by atoms with Crippen LogP contribution in [0.15, 0.2) is 66.0 Å². The summed E-state index contributed by atoms with van der Waals surface area (Å²) >= 11 is 1.54. The smallest absolute Gasteiger partial charge is 0.230 e. The molecule has 1 saturated heterocycles. The van der Waals surface area contributed by atoms with E-state index < -0.39 is 5.92 Å². The maximum atomic E-state index is 13.3. The zero-order chi connectivity index (χ0) is 22.7. The van der Waals surface area contributed by atoms with Crippen LogP contribution in [-0.4, -0.2) is 17.7 Å². The summed E-state index contributed by atoms with van der Waals surface area (Å²) in [5.74, 6) is -0.917. The molecule has 1 aliphatic heterocycles. The summed E-state index contributed by atoms with van der Waals surface area (Å²) in [7, 11) is 0. The molecule has 0 saturated carbocycles. The molecule has 3 amide bonds. The van der Waals surface area contributed by atoms with Gasteiger partial charge in [-0.2, -0.15) is 0 Å². The van der Waals surface area contributed by atoms with E-state index in [1.54, 1.807) is 47.4 Å². The number of carbonyl (C=O) groups excluding carboxylic acids is 3. The van der Waals surface area contributed by atoms with Crippen molar-refractivity contribution in [2.45, 2.75) is 32.7 Å². The molecule has 2 N–H and O–H groups in total. The number of carbonyl (C=O) groups is 3. The Morgan fingerprint density at radius 1 is 1.03 bits per heavy atom. The third kappa shape index (κ3) is 4.57. The lowest BCUT2D eigenvalue weighted by atomic mass is 9.97. The first kappa shape index (κ1) is 21.8. The fourth-order valence-electron chi connectivity index (χ4n) is 3.92. The van der Waals surface area contributed by atoms with E-state index in [0.29, 0.717) is 17.8 Å². The average Bonchev–Trinajstić information content (AvgIpc) is 3.42. The van der Waals surface area contributed by atoms with Gasteiger partial charge in [0, 0.05) is 34.8 Å². The van der Waals surface area contributed by atoms with Crippen LogP contribution in [-0.2, 0) is 14.4 Å². The van der Waals surface area contributed by atoms with Crippen molar-refractivity contribution < 1.29 is 14.4 Å². The molecule has 3 aromatic rings. The molecule has 0 radical (unpaired) electrons. The van der Waals surface area contributed by atoms with Gasteiger partial charge in [-0.1, -0.05) is 36.8 Å². The zero-order valence-corrected chi connectivity index (χ0v) is 18.8. The summed E-state index contributed by atoms with van der Waals surface area (Å²) in [6, 6.07) is 18.4. The lowest BCUT2D eigenvalue weighted by Crippen LogP contribution is -2.32. The van der Waals surface area contributed by atoms with E-state index in [0.717, 1.165) is 16.1 Å². The molecule has 0 aliphatic carbocycles. The van der Waals surface area contributed by atoms with Crippen LogP contribution in [0.3, 0.4) is 0 Å². The van der Waals surface area contributed by atoms with E-state index >= 15 is 0 Å². The molecule has 164 valence electrons. The topological polar surface area (TPSA) is 78.5 Å². The van der Waals surface area contributed by atoms with E-state index in [4.69, 9.17) is 0 Å². The molecule has 1 fully saturated rings. The van der Waals surface area contributed by atoms with Crippen LogP contribution in [0.1, 0.15) is 36.2 Å². The van der Waals surface area contributed by atoms with Gasteiger partial charge in [0.25, 0.3) is 0 Å². The van der Waals surface area contributed by atoms with Crippen LogP contribution in [0.4, 0.5) is 17.1 Å². The molecule has 7 heteroatoms. The van der Waals surface area contributed by atoms with Gasteiger partial charge in [0.2, 0.25) is 17.7 Å². The van der Waals surface area contributed by atoms with Gasteiger partial charge >= 0.3 is 0 Å². The first-order chi connectivity index (χ1) is 15.5. The summed E-state index contributed by atoms with van der Waals surface area (Å²) in [6.45, 7) is 3.78. The van der Waals surface area contributed by atoms with Crippen LogP contribution in [0, 0.1) is 12.8 Å². The summed E-state index contributed by atoms with van der Waals surface area (Å²) in [4.78, 5) is 40.8. The second-order valence-corrected chi connectivity index (χ2v) is 8.82. The highest BCUT2D eigenvalue weighted by atomic mass is 32.1. The van der Waals surface area contributed by atoms with Gasteiger partial charge in [-0.25, -0.2) is 0 Å². The number of nitrogens with one attached hydrogen (secondary N) is 2. The van der Waals surface area contributed by atoms with Gasteiger partial charge < -0.3 is 15.5 Å². The molecule has 0 bridgehead atoms. The van der Waals surface area contributed by atoms with Crippen molar-refractivity contribution in [3.8, 4) is 0 Å². The van der Waals surface area contributed by atoms with E-state index in [1.165, 1.54) is 0 Å². The fraction of sp³-hybridized carbons (Fsp3) is 0.240. The van der Waals surface area contributed by atoms with Crippen LogP contribution < -0.4 is 15.5 Å². The predicted molar refractivity (Wildman–Crippen MR) is 128 cm³/mol. The number of hydrogen-bond donors (Lipinski definition) is 2. The maximum absolute atomic E-state index is 13.3. The Bertz CT molecular complexity index is 1130. The summed E-state index contributed by atoms with van der Waals surface area (Å²) < 4.78 is 0. The molecule has 1 aromatic heterocycles. The maximum Gasteiger partial charge on any atom is 0.230 e. The average molecular weight is 448 g/mol. The van der Waals surface area contributed by atoms with Crippen LogP contribution in [0.2, 0.25) is 0 Å². The van der Waals surface area contributed by atoms with Crippen molar-refractivity contribution in [2.75, 3.05) is 15.5 Å². The van der Waals surface area contributed by atoms with Gasteiger partial charge in [-0.05, 0) is 48.7 Å². The lowest BCUT2D eigenvalue weighted by Gasteiger charge is -2.27. The van der Waals surface area contributed by atoms with Crippen molar-refractivity contribution >= 4 is 46.1 Å². The van der Waals surface area contributed by atoms with E-state index in [9.17, 15) is 14.4 Å². The van der Waals surface area contributed by atoms with Crippen LogP contribution in [0.25, 0.3) is 0 Å². The Morgan fingerprint density at radius 3 is 2.41 bits per heavy atom. The molecule has 0 spiro atoms. The third-order valence-corrected chi connectivity index (χ3v) is 6.48. The number of rotatable bonds is 6. The second-order valence-electron chi connectivity index (χ2n) is 7.84. The minimum atomic E-state index is -0.531. The minimum Gasteiger partial charge on any atom is -0.326 e. The van der Waals surface area contributed by atoms with Gasteiger partial charge in [0.1, 0.15) is 0 Å². The molecule has 2 atom stereocenters. The van der Waals surface area contributed by atoms with Crippen LogP contribution in [0.5, 0.6) is 0 Å². The van der Waals surface area contributed by atoms with E-state index in [2.05, 4.69) is 10.6 Å². The number of nitrogens with zero attached hydrogens (tertiary/aromatic N) is 1. The predicted octanol–water partition coefficient (Wildman–Crippen LogP) is 5.14. The highest BCUT2D eigenvalue weighted by molar-refractivity contribution is 7.10. The Morgan fingerprint density at radius 2 is 1.75 bits per heavy atom. The van der Waals surface area contributed by atoms with Crippen LogP contribution >= 0.6 is 11.3 Å². The quantitative estimate of drug-likeness (QED) is 0.549. The highest BCUT2D eigenvalue weighted by Gasteiger charge is 2.45. The van der Waals surface area contributed by atoms with Crippen molar-refractivity contribution in [3.63, 3.8) is 0 Å². The van der Waals surface area contributed by atoms with Gasteiger partial charge in [-0.3, -0.25) is 14.4 Å². The first-order valence-corrected chi connectivity index (χ1v) is 11.5. The molecular weight excluding hydrogens is 422 g/mol. The van der Waals surface area contributed by atoms with Crippen molar-refractivity contribution in [1.29, 1.82) is 0 Å². The van der Waals surface area contributed by atoms with E-state index in [-0.39, 0.29) is 30.2 Å². The fourth-order valence-corrected chi connectivity index (χ4v) is 4.80. The number of thiophene rings is 1. The summed E-state index contributed by atoms with van der Waals surface area (Å²) in [5, 5.41) is 7.70. The normalized spacial score (nSPS) is 17.9. The third-order valence-electron chi connectivity index (χ3n) is 5.54. The number of benzene rings is 2. The lowest BCUT2D eigenvalue weighted by molar-refractivity contribution is -0.122. The second kappa shape index (κ2) is 9.36. The van der Waals surface area contributed by atoms with Crippen molar-refractivity contribution in [2.24, 2.45) is 5.92 Å². The molecular formula is C25H25N3O3S. The van der Waals surface area contributed by atoms with Crippen molar-refractivity contribution in [3.05, 3.63) is 76.5 Å². The molecule has 2 unspecified atom stereocenters. The number of anilines is 3. The highest BCUT2D eigenvalue weighted by Crippen LogP contribution is 2.43. The Kier molecular flexibility index (Phi) is 6.37. The molecule has 32 heavy (non-hydrogen) atoms. The standard InChI is InChI=1S/C25H25N3O3S/c1-3-22(29)26-17-6-4-7-18(14-17)27-25(31)20-15-23(30)28(19-11-9-16(2)10-12-19)24(20)21-8-5-13-32-21/h4-14,20,24H,3,15H2,1-2H3,(H,26,29)(H,27,31). The Labute approximate surface area is 191 Å². The number of amides is 3. The molecule has 4 rings (SSSR count). The van der Waals surface area contributed by atoms with Gasteiger partial charge in [0.05, 0.1) is 12.0 Å². The first-order valence-electron chi connectivity index (χ1n) is 10.6. The van der Waals surface area contributed by atoms with E-state index in [1.807, 2.05) is 48.7 Å². The largest absolute Gasteiger partial charge is 0.326 e. The van der Waals surface area contributed by atoms with Crippen molar-refractivity contribution in [1.82, 2.24) is 0 Å². The van der Waals surface area contributed by atoms with Gasteiger partial charge in [-0.15, -0.1) is 11.3 Å². The monoisotopic (exact) mass is 447 g/mol. The number of hydrogen-bond acceptors (Lipinski definition) is 4. The summed E-state index contributed by atoms with van der Waals surface area (Å²) in [6.07, 6.45) is 0.507. The Balaban J connectivity index is 1.60. The zero-order valence-electron chi connectivity index (χ0n) is 18.0. The Hall–Kier alpha value is -3.45. The minimum absolute atomic E-state index is 0.0728. The molecule has 1 aliphatic rings. The SMILES string of the molecule is CCC(=O)Nc1cccc(NC(=O)C2CC(=O)N(c3ccc(C)cc3)C2c2cccs2)c1. The molecule has 6 nitrogen and oxygen atoms in total. The number of aryl methyl sites for hydroxylation is 1. The van der Waals surface area contributed by atoms with Gasteiger partial charge in [0.15, 0.2) is 0 Å². The molecule has 2 heterocycles. The molecule has 2 aromatic carbocycles. The summed E-state index contributed by atoms with van der Waals surface area (Å²) in [5.41, 5.74) is 3.10.